The van der Waals surface area contributed by atoms with Gasteiger partial charge in [0.2, 0.25) is 5.95 Å². The minimum absolute atomic E-state index is 0.00106. The topological polar surface area (TPSA) is 125 Å². The summed E-state index contributed by atoms with van der Waals surface area (Å²) < 4.78 is 5.51. The van der Waals surface area contributed by atoms with E-state index in [-0.39, 0.29) is 34.5 Å². The van der Waals surface area contributed by atoms with Gasteiger partial charge in [-0.15, -0.1) is 0 Å². The van der Waals surface area contributed by atoms with E-state index in [0.717, 1.165) is 32.1 Å². The van der Waals surface area contributed by atoms with Gasteiger partial charge in [-0.2, -0.15) is 0 Å². The molecule has 2 unspecified atom stereocenters. The Morgan fingerprint density at radius 1 is 0.929 bits per heavy atom. The summed E-state index contributed by atoms with van der Waals surface area (Å²) in [5.74, 6) is 0.118. The summed E-state index contributed by atoms with van der Waals surface area (Å²) in [4.78, 5) is 43.3. The molecule has 3 amide bonds. The number of aryl methyl sites for hydroxylation is 1. The number of unbranched alkanes of at least 4 members (excludes halogenated alkanes) is 13. The Bertz CT molecular complexity index is 995. The number of urea groups is 1. The number of anilines is 1. The molecule has 0 saturated heterocycles. The van der Waals surface area contributed by atoms with E-state index in [1.54, 1.807) is 6.92 Å². The first-order valence-electron chi connectivity index (χ1n) is 16.6. The van der Waals surface area contributed by atoms with Crippen LogP contribution < -0.4 is 21.5 Å². The van der Waals surface area contributed by atoms with Gasteiger partial charge in [0, 0.05) is 24.3 Å². The fraction of sp³-hybridized carbons (Fsp3) is 0.818. The van der Waals surface area contributed by atoms with Crippen LogP contribution in [0.15, 0.2) is 10.9 Å². The monoisotopic (exact) mass is 589 g/mol. The second-order valence-electron chi connectivity index (χ2n) is 13.7. The van der Waals surface area contributed by atoms with E-state index in [9.17, 15) is 14.4 Å². The predicted molar refractivity (Wildman–Crippen MR) is 171 cm³/mol. The number of hydrogen-bond donors (Lipinski definition) is 4. The van der Waals surface area contributed by atoms with Crippen molar-refractivity contribution in [3.63, 3.8) is 0 Å². The zero-order valence-corrected chi connectivity index (χ0v) is 27.2. The van der Waals surface area contributed by atoms with E-state index in [0.29, 0.717) is 18.8 Å². The van der Waals surface area contributed by atoms with Crippen molar-refractivity contribution in [2.45, 2.75) is 150 Å². The third-order valence-corrected chi connectivity index (χ3v) is 8.27. The molecule has 1 heterocycles. The van der Waals surface area contributed by atoms with Gasteiger partial charge in [-0.3, -0.25) is 15.1 Å². The van der Waals surface area contributed by atoms with Crippen molar-refractivity contribution in [1.29, 1.82) is 0 Å². The lowest BCUT2D eigenvalue weighted by molar-refractivity contribution is 0.0666. The van der Waals surface area contributed by atoms with E-state index < -0.39 is 6.03 Å². The summed E-state index contributed by atoms with van der Waals surface area (Å²) in [6, 6.07) is 0.916. The van der Waals surface area contributed by atoms with Crippen LogP contribution in [0.4, 0.5) is 15.5 Å². The number of ether oxygens (including phenoxy) is 1. The number of H-pyrrole nitrogens is 1. The van der Waals surface area contributed by atoms with Crippen LogP contribution in [-0.2, 0) is 4.74 Å². The maximum absolute atomic E-state index is 12.5. The number of carbonyl (C=O) groups is 2. The van der Waals surface area contributed by atoms with Crippen LogP contribution >= 0.6 is 0 Å². The van der Waals surface area contributed by atoms with E-state index in [1.807, 2.05) is 0 Å². The van der Waals surface area contributed by atoms with Gasteiger partial charge in [-0.25, -0.2) is 14.6 Å². The smallest absolute Gasteiger partial charge is 0.407 e. The SMILES string of the molecule is CCCCCCCCCCCCCCCCOC(=O)NC1CC(C)(C)CC(C)(CNC(=O)Nc2nc(C)cc(=O)[nH]2)C1. The molecule has 0 aliphatic heterocycles. The fourth-order valence-electron chi connectivity index (χ4n) is 6.62. The van der Waals surface area contributed by atoms with Crippen molar-refractivity contribution < 1.29 is 14.3 Å². The van der Waals surface area contributed by atoms with E-state index in [2.05, 4.69) is 53.6 Å². The molecule has 9 nitrogen and oxygen atoms in total. The number of amides is 3. The quantitative estimate of drug-likeness (QED) is 0.122. The maximum atomic E-state index is 12.5. The van der Waals surface area contributed by atoms with Gasteiger partial charge in [0.25, 0.3) is 5.56 Å². The average molecular weight is 590 g/mol. The lowest BCUT2D eigenvalue weighted by Crippen LogP contribution is -2.51. The normalized spacial score (nSPS) is 19.7. The average Bonchev–Trinajstić information content (AvgIpc) is 2.88. The second kappa shape index (κ2) is 18.9. The van der Waals surface area contributed by atoms with E-state index >= 15 is 0 Å². The highest BCUT2D eigenvalue weighted by atomic mass is 16.5. The molecular weight excluding hydrogens is 530 g/mol. The molecule has 0 spiro atoms. The predicted octanol–water partition coefficient (Wildman–Crippen LogP) is 7.99. The molecule has 1 aromatic rings. The number of aromatic amines is 1. The lowest BCUT2D eigenvalue weighted by atomic mass is 9.62. The fourth-order valence-corrected chi connectivity index (χ4v) is 6.62. The van der Waals surface area contributed by atoms with Crippen molar-refractivity contribution in [1.82, 2.24) is 20.6 Å². The highest BCUT2D eigenvalue weighted by Gasteiger charge is 2.42. The Balaban J connectivity index is 1.59. The van der Waals surface area contributed by atoms with Crippen molar-refractivity contribution in [2.75, 3.05) is 18.5 Å². The number of rotatable bonds is 19. The Morgan fingerprint density at radius 3 is 2.07 bits per heavy atom. The van der Waals surface area contributed by atoms with Crippen LogP contribution in [0.5, 0.6) is 0 Å². The molecule has 1 aliphatic carbocycles. The van der Waals surface area contributed by atoms with E-state index in [1.165, 1.54) is 83.1 Å². The first kappa shape index (κ1) is 35.6. The van der Waals surface area contributed by atoms with Crippen LogP contribution in [0.1, 0.15) is 143 Å². The molecule has 240 valence electrons. The van der Waals surface area contributed by atoms with Gasteiger partial charge < -0.3 is 15.4 Å². The number of carbonyl (C=O) groups excluding carboxylic acids is 2. The van der Waals surface area contributed by atoms with Crippen LogP contribution in [0.3, 0.4) is 0 Å². The van der Waals surface area contributed by atoms with Gasteiger partial charge in [0.1, 0.15) is 0 Å². The third kappa shape index (κ3) is 15.6. The molecule has 2 rings (SSSR count). The molecule has 0 aromatic carbocycles. The van der Waals surface area contributed by atoms with Crippen LogP contribution in [0.2, 0.25) is 0 Å². The van der Waals surface area contributed by atoms with Gasteiger partial charge >= 0.3 is 12.1 Å². The lowest BCUT2D eigenvalue weighted by Gasteiger charge is -2.46. The van der Waals surface area contributed by atoms with Crippen molar-refractivity contribution in [3.8, 4) is 0 Å². The molecule has 42 heavy (non-hydrogen) atoms. The first-order valence-corrected chi connectivity index (χ1v) is 16.6. The summed E-state index contributed by atoms with van der Waals surface area (Å²) in [6.07, 6.45) is 20.3. The molecule has 0 radical (unpaired) electrons. The Morgan fingerprint density at radius 2 is 1.50 bits per heavy atom. The second-order valence-corrected chi connectivity index (χ2v) is 13.7. The molecule has 9 heteroatoms. The minimum atomic E-state index is -0.426. The summed E-state index contributed by atoms with van der Waals surface area (Å²) in [5, 5.41) is 8.60. The molecular formula is C33H59N5O4. The Labute approximate surface area is 254 Å². The highest BCUT2D eigenvalue weighted by Crippen LogP contribution is 2.45. The van der Waals surface area contributed by atoms with Crippen LogP contribution in [-0.4, -0.2) is 41.3 Å². The van der Waals surface area contributed by atoms with Gasteiger partial charge in [0.05, 0.1) is 6.61 Å². The molecule has 0 bridgehead atoms. The zero-order valence-electron chi connectivity index (χ0n) is 27.2. The molecule has 1 aliphatic rings. The Hall–Kier alpha value is -2.58. The summed E-state index contributed by atoms with van der Waals surface area (Å²) >= 11 is 0. The molecule has 2 atom stereocenters. The summed E-state index contributed by atoms with van der Waals surface area (Å²) in [5.41, 5.74) is 0.00400. The van der Waals surface area contributed by atoms with Crippen LogP contribution in [0.25, 0.3) is 0 Å². The molecule has 1 fully saturated rings. The zero-order chi connectivity index (χ0) is 30.8. The van der Waals surface area contributed by atoms with Gasteiger partial charge in [0.15, 0.2) is 0 Å². The van der Waals surface area contributed by atoms with E-state index in [4.69, 9.17) is 4.74 Å². The largest absolute Gasteiger partial charge is 0.450 e. The number of nitrogens with one attached hydrogen (secondary N) is 4. The van der Waals surface area contributed by atoms with Crippen LogP contribution in [0, 0.1) is 17.8 Å². The molecule has 4 N–H and O–H groups in total. The number of nitrogens with zero attached hydrogens (tertiary/aromatic N) is 1. The van der Waals surface area contributed by atoms with Crippen molar-refractivity contribution >= 4 is 18.1 Å². The maximum Gasteiger partial charge on any atom is 0.407 e. The molecule has 1 aromatic heterocycles. The van der Waals surface area contributed by atoms with Crippen molar-refractivity contribution in [2.24, 2.45) is 10.8 Å². The minimum Gasteiger partial charge on any atom is -0.450 e. The van der Waals surface area contributed by atoms with Crippen molar-refractivity contribution in [3.05, 3.63) is 22.1 Å². The third-order valence-electron chi connectivity index (χ3n) is 8.27. The standard InChI is InChI=1S/C33H59N5O4/c1-6-7-8-9-10-11-12-13-14-15-16-17-18-19-20-42-31(41)36-27-22-32(3,4)24-33(5,23-27)25-34-30(40)38-29-35-26(2)21-28(39)37-29/h21,27H,6-20,22-25H2,1-5H3,(H,36,41)(H3,34,35,37,38,39,40). The summed E-state index contributed by atoms with van der Waals surface area (Å²) in [7, 11) is 0. The number of aromatic nitrogens is 2. The number of alkyl carbamates (subject to hydrolysis) is 1. The first-order chi connectivity index (χ1) is 20.0. The molecule has 1 saturated carbocycles. The summed E-state index contributed by atoms with van der Waals surface area (Å²) in [6.45, 7) is 11.4. The van der Waals surface area contributed by atoms with Gasteiger partial charge in [-0.1, -0.05) is 111 Å². The number of hydrogen-bond acceptors (Lipinski definition) is 5. The van der Waals surface area contributed by atoms with Gasteiger partial charge in [-0.05, 0) is 43.4 Å². The highest BCUT2D eigenvalue weighted by molar-refractivity contribution is 5.87. The Kier molecular flexibility index (Phi) is 16.0.